The number of nitrogens with one attached hydrogen (secondary N) is 1. The Morgan fingerprint density at radius 2 is 2.28 bits per heavy atom. The fraction of sp³-hybridized carbons (Fsp3) is 0.714. The fourth-order valence-corrected chi connectivity index (χ4v) is 2.91. The lowest BCUT2D eigenvalue weighted by atomic mass is 10.0. The van der Waals surface area contributed by atoms with E-state index in [9.17, 15) is 0 Å². The summed E-state index contributed by atoms with van der Waals surface area (Å²) >= 11 is 1.77. The molecule has 1 aromatic rings. The van der Waals surface area contributed by atoms with Crippen LogP contribution in [-0.4, -0.2) is 32.1 Å². The third kappa shape index (κ3) is 4.69. The fourth-order valence-electron chi connectivity index (χ4n) is 2.20. The van der Waals surface area contributed by atoms with Crippen LogP contribution in [0.1, 0.15) is 31.7 Å². The second-order valence-electron chi connectivity index (χ2n) is 4.73. The normalized spacial score (nSPS) is 18.3. The molecule has 1 unspecified atom stereocenters. The van der Waals surface area contributed by atoms with E-state index >= 15 is 0 Å². The molecule has 2 rings (SSSR count). The zero-order chi connectivity index (χ0) is 12.6. The van der Waals surface area contributed by atoms with E-state index in [1.165, 1.54) is 12.0 Å². The first-order valence-electron chi connectivity index (χ1n) is 6.86. The molecule has 0 bridgehead atoms. The highest BCUT2D eigenvalue weighted by Gasteiger charge is 2.20. The monoisotopic (exact) mass is 269 g/mol. The number of thiophene rings is 1. The van der Waals surface area contributed by atoms with Crippen molar-refractivity contribution in [1.82, 2.24) is 5.32 Å². The average Bonchev–Trinajstić information content (AvgIpc) is 3.05. The lowest BCUT2D eigenvalue weighted by Crippen LogP contribution is -2.34. The number of rotatable bonds is 8. The first kappa shape index (κ1) is 14.0. The molecular weight excluding hydrogens is 246 g/mol. The molecule has 1 aromatic heterocycles. The summed E-state index contributed by atoms with van der Waals surface area (Å²) < 4.78 is 11.1. The molecule has 0 saturated carbocycles. The van der Waals surface area contributed by atoms with Crippen LogP contribution in [0.5, 0.6) is 0 Å². The van der Waals surface area contributed by atoms with Gasteiger partial charge in [0.15, 0.2) is 6.29 Å². The Hall–Kier alpha value is -0.420. The molecule has 0 aliphatic carbocycles. The topological polar surface area (TPSA) is 30.5 Å². The predicted octanol–water partition coefficient (Wildman–Crippen LogP) is 2.81. The van der Waals surface area contributed by atoms with Gasteiger partial charge in [-0.15, -0.1) is 0 Å². The van der Waals surface area contributed by atoms with E-state index in [2.05, 4.69) is 29.1 Å². The summed E-state index contributed by atoms with van der Waals surface area (Å²) in [6, 6.07) is 2.71. The molecular formula is C14H23NO2S. The lowest BCUT2D eigenvalue weighted by Gasteiger charge is -2.21. The van der Waals surface area contributed by atoms with Crippen molar-refractivity contribution in [2.75, 3.05) is 19.8 Å². The molecule has 3 nitrogen and oxygen atoms in total. The largest absolute Gasteiger partial charge is 0.350 e. The number of hydrogen-bond acceptors (Lipinski definition) is 4. The summed E-state index contributed by atoms with van der Waals surface area (Å²) in [6.45, 7) is 4.76. The minimum absolute atomic E-state index is 0.00170. The van der Waals surface area contributed by atoms with Crippen molar-refractivity contribution in [2.24, 2.45) is 0 Å². The third-order valence-corrected chi connectivity index (χ3v) is 3.94. The van der Waals surface area contributed by atoms with Crippen LogP contribution in [0.4, 0.5) is 0 Å². The van der Waals surface area contributed by atoms with Gasteiger partial charge in [0.05, 0.1) is 13.2 Å². The summed E-state index contributed by atoms with van der Waals surface area (Å²) in [7, 11) is 0. The van der Waals surface area contributed by atoms with Crippen molar-refractivity contribution in [2.45, 2.75) is 44.9 Å². The Morgan fingerprint density at radius 1 is 1.44 bits per heavy atom. The molecule has 4 heteroatoms. The van der Waals surface area contributed by atoms with Crippen molar-refractivity contribution in [3.63, 3.8) is 0 Å². The van der Waals surface area contributed by atoms with E-state index in [1.54, 1.807) is 11.3 Å². The molecule has 1 aliphatic rings. The molecule has 18 heavy (non-hydrogen) atoms. The minimum atomic E-state index is 0.00170. The van der Waals surface area contributed by atoms with Gasteiger partial charge in [0.2, 0.25) is 0 Å². The summed E-state index contributed by atoms with van der Waals surface area (Å²) in [5.41, 5.74) is 1.44. The predicted molar refractivity (Wildman–Crippen MR) is 75.0 cm³/mol. The highest BCUT2D eigenvalue weighted by atomic mass is 32.1. The van der Waals surface area contributed by atoms with Crippen molar-refractivity contribution < 1.29 is 9.47 Å². The SMILES string of the molecule is CCCNC(CCc1ccsc1)CC1OCCO1. The Bertz CT molecular complexity index is 310. The van der Waals surface area contributed by atoms with Crippen molar-refractivity contribution in [3.8, 4) is 0 Å². The molecule has 1 N–H and O–H groups in total. The van der Waals surface area contributed by atoms with Crippen LogP contribution in [-0.2, 0) is 15.9 Å². The van der Waals surface area contributed by atoms with Crippen LogP contribution in [0.15, 0.2) is 16.8 Å². The van der Waals surface area contributed by atoms with Gasteiger partial charge >= 0.3 is 0 Å². The van der Waals surface area contributed by atoms with Crippen LogP contribution < -0.4 is 5.32 Å². The van der Waals surface area contributed by atoms with Gasteiger partial charge in [-0.3, -0.25) is 0 Å². The van der Waals surface area contributed by atoms with E-state index in [-0.39, 0.29) is 6.29 Å². The lowest BCUT2D eigenvalue weighted by molar-refractivity contribution is -0.0531. The molecule has 0 amide bonds. The van der Waals surface area contributed by atoms with E-state index in [1.807, 2.05) is 0 Å². The molecule has 102 valence electrons. The van der Waals surface area contributed by atoms with Gasteiger partial charge in [0.1, 0.15) is 0 Å². The maximum Gasteiger partial charge on any atom is 0.159 e. The molecule has 1 fully saturated rings. The van der Waals surface area contributed by atoms with Crippen molar-refractivity contribution in [3.05, 3.63) is 22.4 Å². The second-order valence-corrected chi connectivity index (χ2v) is 5.51. The summed E-state index contributed by atoms with van der Waals surface area (Å²) in [4.78, 5) is 0. The molecule has 1 aliphatic heterocycles. The van der Waals surface area contributed by atoms with E-state index in [0.29, 0.717) is 6.04 Å². The van der Waals surface area contributed by atoms with E-state index in [0.717, 1.165) is 39.0 Å². The van der Waals surface area contributed by atoms with Crippen LogP contribution in [0.2, 0.25) is 0 Å². The van der Waals surface area contributed by atoms with Gasteiger partial charge < -0.3 is 14.8 Å². The first-order chi connectivity index (χ1) is 8.88. The first-order valence-corrected chi connectivity index (χ1v) is 7.80. The Labute approximate surface area is 113 Å². The van der Waals surface area contributed by atoms with Gasteiger partial charge in [-0.2, -0.15) is 11.3 Å². The van der Waals surface area contributed by atoms with Gasteiger partial charge in [0.25, 0.3) is 0 Å². The second kappa shape index (κ2) is 7.89. The molecule has 1 saturated heterocycles. The summed E-state index contributed by atoms with van der Waals surface area (Å²) in [6.07, 6.45) is 4.42. The Kier molecular flexibility index (Phi) is 6.14. The molecule has 0 spiro atoms. The molecule has 2 heterocycles. The zero-order valence-corrected chi connectivity index (χ0v) is 11.9. The van der Waals surface area contributed by atoms with Crippen molar-refractivity contribution in [1.29, 1.82) is 0 Å². The number of hydrogen-bond donors (Lipinski definition) is 1. The molecule has 0 radical (unpaired) electrons. The smallest absolute Gasteiger partial charge is 0.159 e. The number of ether oxygens (including phenoxy) is 2. The highest BCUT2D eigenvalue weighted by molar-refractivity contribution is 7.07. The van der Waals surface area contributed by atoms with Crippen LogP contribution in [0, 0.1) is 0 Å². The third-order valence-electron chi connectivity index (χ3n) is 3.21. The quantitative estimate of drug-likeness (QED) is 0.787. The van der Waals surface area contributed by atoms with E-state index in [4.69, 9.17) is 9.47 Å². The van der Waals surface area contributed by atoms with Crippen LogP contribution in [0.3, 0.4) is 0 Å². The Balaban J connectivity index is 1.75. The molecule has 1 atom stereocenters. The Morgan fingerprint density at radius 3 is 2.94 bits per heavy atom. The standard InChI is InChI=1S/C14H23NO2S/c1-2-6-15-13(10-14-16-7-8-17-14)4-3-12-5-9-18-11-12/h5,9,11,13-15H,2-4,6-8,10H2,1H3. The van der Waals surface area contributed by atoms with Crippen LogP contribution in [0.25, 0.3) is 0 Å². The van der Waals surface area contributed by atoms with Crippen LogP contribution >= 0.6 is 11.3 Å². The van der Waals surface area contributed by atoms with Gasteiger partial charge in [0, 0.05) is 12.5 Å². The average molecular weight is 269 g/mol. The van der Waals surface area contributed by atoms with Gasteiger partial charge in [-0.05, 0) is 48.2 Å². The maximum atomic E-state index is 5.54. The highest BCUT2D eigenvalue weighted by Crippen LogP contribution is 2.16. The van der Waals surface area contributed by atoms with Crippen molar-refractivity contribution >= 4 is 11.3 Å². The number of aryl methyl sites for hydroxylation is 1. The maximum absolute atomic E-state index is 5.54. The van der Waals surface area contributed by atoms with E-state index < -0.39 is 0 Å². The summed E-state index contributed by atoms with van der Waals surface area (Å²) in [5, 5.41) is 7.98. The summed E-state index contributed by atoms with van der Waals surface area (Å²) in [5.74, 6) is 0. The minimum Gasteiger partial charge on any atom is -0.350 e. The van der Waals surface area contributed by atoms with Gasteiger partial charge in [-0.25, -0.2) is 0 Å². The zero-order valence-electron chi connectivity index (χ0n) is 11.1. The molecule has 0 aromatic carbocycles. The van der Waals surface area contributed by atoms with Gasteiger partial charge in [-0.1, -0.05) is 6.92 Å².